The zero-order valence-electron chi connectivity index (χ0n) is 19.0. The van der Waals surface area contributed by atoms with Crippen LogP contribution in [0.2, 0.25) is 0 Å². The summed E-state index contributed by atoms with van der Waals surface area (Å²) in [5, 5.41) is 9.60. The number of unbranched alkanes of at least 4 members (excludes halogenated alkanes) is 10. The number of aliphatic hydroxyl groups is 1. The van der Waals surface area contributed by atoms with Crippen molar-refractivity contribution in [2.45, 2.75) is 116 Å². The Bertz CT molecular complexity index is 513. The van der Waals surface area contributed by atoms with E-state index in [9.17, 15) is 13.5 Å². The van der Waals surface area contributed by atoms with E-state index in [2.05, 4.69) is 6.92 Å². The summed E-state index contributed by atoms with van der Waals surface area (Å²) in [6.45, 7) is 6.14. The molecule has 0 aliphatic heterocycles. The first-order valence-corrected chi connectivity index (χ1v) is 14.5. The molecule has 0 radical (unpaired) electrons. The van der Waals surface area contributed by atoms with Gasteiger partial charge in [-0.15, -0.1) is 0 Å². The molecule has 4 N–H and O–H groups in total. The molecule has 8 nitrogen and oxygen atoms in total. The number of aliphatic hydroxyl groups excluding tert-OH is 1. The van der Waals surface area contributed by atoms with Gasteiger partial charge >= 0.3 is 7.82 Å². The SMILES string of the molecule is CCCCCCCCCCCCCC(C)OCCC(O)S(=O)(=O)CC.O=P(O)(O)O. The molecule has 0 spiro atoms. The Morgan fingerprint density at radius 3 is 1.60 bits per heavy atom. The lowest BCUT2D eigenvalue weighted by Gasteiger charge is -2.15. The second-order valence-electron chi connectivity index (χ2n) is 7.71. The molecule has 0 aromatic rings. The molecule has 0 aromatic heterocycles. The average Bonchev–Trinajstić information content (AvgIpc) is 2.64. The summed E-state index contributed by atoms with van der Waals surface area (Å²) in [6, 6.07) is 0. The van der Waals surface area contributed by atoms with Gasteiger partial charge < -0.3 is 24.5 Å². The number of rotatable bonds is 18. The van der Waals surface area contributed by atoms with E-state index in [-0.39, 0.29) is 18.3 Å². The molecule has 184 valence electrons. The van der Waals surface area contributed by atoms with Crippen LogP contribution in [0.4, 0.5) is 0 Å². The molecule has 0 heterocycles. The summed E-state index contributed by atoms with van der Waals surface area (Å²) < 4.78 is 37.4. The first-order chi connectivity index (χ1) is 13.9. The fourth-order valence-electron chi connectivity index (χ4n) is 2.92. The van der Waals surface area contributed by atoms with Gasteiger partial charge in [0, 0.05) is 12.2 Å². The number of phosphoric acid groups is 1. The van der Waals surface area contributed by atoms with Crippen LogP contribution in [-0.4, -0.2) is 52.1 Å². The molecule has 0 rings (SSSR count). The molecule has 30 heavy (non-hydrogen) atoms. The maximum atomic E-state index is 11.5. The third-order valence-electron chi connectivity index (χ3n) is 4.80. The molecule has 0 amide bonds. The van der Waals surface area contributed by atoms with Crippen molar-refractivity contribution < 1.29 is 37.5 Å². The monoisotopic (exact) mass is 476 g/mol. The number of hydrogen-bond donors (Lipinski definition) is 4. The predicted molar refractivity (Wildman–Crippen MR) is 121 cm³/mol. The van der Waals surface area contributed by atoms with Crippen LogP contribution in [-0.2, 0) is 19.1 Å². The van der Waals surface area contributed by atoms with Crippen LogP contribution >= 0.6 is 7.82 Å². The second kappa shape index (κ2) is 19.6. The van der Waals surface area contributed by atoms with E-state index in [0.29, 0.717) is 6.61 Å². The summed E-state index contributed by atoms with van der Waals surface area (Å²) in [5.41, 5.74) is -1.29. The molecule has 10 heteroatoms. The molecule has 0 aliphatic rings. The van der Waals surface area contributed by atoms with E-state index in [0.717, 1.165) is 12.8 Å². The Morgan fingerprint density at radius 2 is 1.20 bits per heavy atom. The molecular weight excluding hydrogens is 431 g/mol. The van der Waals surface area contributed by atoms with Crippen molar-refractivity contribution in [3.63, 3.8) is 0 Å². The van der Waals surface area contributed by atoms with Crippen LogP contribution < -0.4 is 0 Å². The van der Waals surface area contributed by atoms with Gasteiger partial charge in [-0.3, -0.25) is 0 Å². The van der Waals surface area contributed by atoms with Gasteiger partial charge in [-0.25, -0.2) is 13.0 Å². The maximum Gasteiger partial charge on any atom is 0.466 e. The van der Waals surface area contributed by atoms with Gasteiger partial charge in [-0.1, -0.05) is 84.5 Å². The third-order valence-corrected chi connectivity index (χ3v) is 6.67. The molecule has 0 fully saturated rings. The number of ether oxygens (including phenoxy) is 1. The average molecular weight is 477 g/mol. The van der Waals surface area contributed by atoms with Crippen LogP contribution in [0.3, 0.4) is 0 Å². The van der Waals surface area contributed by atoms with E-state index >= 15 is 0 Å². The lowest BCUT2D eigenvalue weighted by molar-refractivity contribution is 0.0442. The van der Waals surface area contributed by atoms with E-state index in [1.807, 2.05) is 6.92 Å². The summed E-state index contributed by atoms with van der Waals surface area (Å²) in [5.74, 6) is -0.0253. The van der Waals surface area contributed by atoms with Gasteiger partial charge in [0.2, 0.25) is 0 Å². The first kappa shape index (κ1) is 32.2. The molecule has 0 aliphatic carbocycles. The lowest BCUT2D eigenvalue weighted by Crippen LogP contribution is -2.25. The van der Waals surface area contributed by atoms with Crippen LogP contribution in [0.25, 0.3) is 0 Å². The van der Waals surface area contributed by atoms with Crippen molar-refractivity contribution in [1.82, 2.24) is 0 Å². The molecule has 0 aromatic carbocycles. The van der Waals surface area contributed by atoms with E-state index in [1.165, 1.54) is 64.2 Å². The minimum absolute atomic E-state index is 0.0253. The van der Waals surface area contributed by atoms with Gasteiger partial charge in [0.15, 0.2) is 15.3 Å². The fraction of sp³-hybridized carbons (Fsp3) is 1.00. The van der Waals surface area contributed by atoms with Crippen molar-refractivity contribution in [3.8, 4) is 0 Å². The highest BCUT2D eigenvalue weighted by molar-refractivity contribution is 7.91. The van der Waals surface area contributed by atoms with Gasteiger partial charge in [-0.2, -0.15) is 0 Å². The highest BCUT2D eigenvalue weighted by atomic mass is 32.2. The largest absolute Gasteiger partial charge is 0.466 e. The second-order valence-corrected chi connectivity index (χ2v) is 11.2. The predicted octanol–water partition coefficient (Wildman–Crippen LogP) is 4.31. The summed E-state index contributed by atoms with van der Waals surface area (Å²) in [4.78, 5) is 21.6. The Labute approximate surface area is 183 Å². The molecular formula is C20H45O8PS. The number of hydrogen-bond acceptors (Lipinski definition) is 5. The van der Waals surface area contributed by atoms with Crippen LogP contribution in [0, 0.1) is 0 Å². The Morgan fingerprint density at radius 1 is 0.800 bits per heavy atom. The summed E-state index contributed by atoms with van der Waals surface area (Å²) >= 11 is 0. The Hall–Kier alpha value is -0.0200. The minimum Gasteiger partial charge on any atom is -0.378 e. The van der Waals surface area contributed by atoms with Gasteiger partial charge in [0.05, 0.1) is 12.7 Å². The Kier molecular flexibility index (Phi) is 21.1. The Balaban J connectivity index is 0. The molecule has 2 unspecified atom stereocenters. The van der Waals surface area contributed by atoms with E-state index in [4.69, 9.17) is 24.0 Å². The van der Waals surface area contributed by atoms with Crippen molar-refractivity contribution in [1.29, 1.82) is 0 Å². The van der Waals surface area contributed by atoms with Gasteiger partial charge in [-0.05, 0) is 13.3 Å². The van der Waals surface area contributed by atoms with Crippen molar-refractivity contribution >= 4 is 17.7 Å². The highest BCUT2D eigenvalue weighted by Gasteiger charge is 2.20. The first-order valence-electron chi connectivity index (χ1n) is 11.2. The van der Waals surface area contributed by atoms with Crippen molar-refractivity contribution in [3.05, 3.63) is 0 Å². The molecule has 0 bridgehead atoms. The minimum atomic E-state index is -4.64. The summed E-state index contributed by atoms with van der Waals surface area (Å²) in [6.07, 6.45) is 16.0. The van der Waals surface area contributed by atoms with Gasteiger partial charge in [0.1, 0.15) is 0 Å². The summed E-state index contributed by atoms with van der Waals surface area (Å²) in [7, 11) is -8.00. The molecule has 0 saturated carbocycles. The molecule has 2 atom stereocenters. The van der Waals surface area contributed by atoms with Crippen LogP contribution in [0.15, 0.2) is 0 Å². The molecule has 0 saturated heterocycles. The fourth-order valence-corrected chi connectivity index (χ4v) is 3.76. The third kappa shape index (κ3) is 26.0. The van der Waals surface area contributed by atoms with E-state index in [1.54, 1.807) is 6.92 Å². The number of sulfone groups is 1. The van der Waals surface area contributed by atoms with Crippen LogP contribution in [0.5, 0.6) is 0 Å². The quantitative estimate of drug-likeness (QED) is 0.169. The lowest BCUT2D eigenvalue weighted by atomic mass is 10.0. The van der Waals surface area contributed by atoms with E-state index < -0.39 is 23.1 Å². The van der Waals surface area contributed by atoms with Crippen LogP contribution in [0.1, 0.15) is 104 Å². The highest BCUT2D eigenvalue weighted by Crippen LogP contribution is 2.25. The topological polar surface area (TPSA) is 141 Å². The smallest absolute Gasteiger partial charge is 0.378 e. The maximum absolute atomic E-state index is 11.5. The van der Waals surface area contributed by atoms with Gasteiger partial charge in [0.25, 0.3) is 0 Å². The normalized spacial score (nSPS) is 14.1. The van der Waals surface area contributed by atoms with Crippen molar-refractivity contribution in [2.24, 2.45) is 0 Å². The zero-order chi connectivity index (χ0) is 23.5. The van der Waals surface area contributed by atoms with Crippen molar-refractivity contribution in [2.75, 3.05) is 12.4 Å². The zero-order valence-corrected chi connectivity index (χ0v) is 20.7. The standard InChI is InChI=1S/C20H42O4S.H3O4P/c1-4-6-7-8-9-10-11-12-13-14-15-16-19(3)24-18-17-20(21)25(22,23)5-2;1-5(2,3)4/h19-21H,4-18H2,1-3H3;(H3,1,2,3,4).